The lowest BCUT2D eigenvalue weighted by Gasteiger charge is -2.32. The first-order valence-electron chi connectivity index (χ1n) is 11.0. The molecule has 1 saturated carbocycles. The second kappa shape index (κ2) is 10.5. The summed E-state index contributed by atoms with van der Waals surface area (Å²) < 4.78 is 33.4. The summed E-state index contributed by atoms with van der Waals surface area (Å²) in [6.45, 7) is 3.65. The van der Waals surface area contributed by atoms with Gasteiger partial charge in [0.1, 0.15) is 0 Å². The largest absolute Gasteiger partial charge is 0.378 e. The van der Waals surface area contributed by atoms with E-state index >= 15 is 0 Å². The number of carbonyl (C=O) groups excluding carboxylic acids is 1. The highest BCUT2D eigenvalue weighted by Gasteiger charge is 2.31. The summed E-state index contributed by atoms with van der Waals surface area (Å²) in [6.07, 6.45) is 10.0. The zero-order valence-corrected chi connectivity index (χ0v) is 18.3. The van der Waals surface area contributed by atoms with Crippen molar-refractivity contribution in [2.24, 2.45) is 0 Å². The van der Waals surface area contributed by atoms with Crippen LogP contribution >= 0.6 is 0 Å². The first kappa shape index (κ1) is 22.2. The minimum absolute atomic E-state index is 0.00426. The molecule has 0 aromatic heterocycles. The van der Waals surface area contributed by atoms with E-state index in [9.17, 15) is 13.2 Å². The van der Waals surface area contributed by atoms with E-state index in [1.807, 2.05) is 6.92 Å². The average Bonchev–Trinajstić information content (AvgIpc) is 2.74. The van der Waals surface area contributed by atoms with Gasteiger partial charge in [-0.2, -0.15) is 4.31 Å². The summed E-state index contributed by atoms with van der Waals surface area (Å²) in [6, 6.07) is 6.36. The van der Waals surface area contributed by atoms with Crippen molar-refractivity contribution in [2.75, 3.05) is 19.7 Å². The lowest BCUT2D eigenvalue weighted by molar-refractivity contribution is 0.0273. The van der Waals surface area contributed by atoms with Crippen LogP contribution in [0.1, 0.15) is 75.1 Å². The van der Waals surface area contributed by atoms with Crippen molar-refractivity contribution in [2.45, 2.75) is 81.8 Å². The lowest BCUT2D eigenvalue weighted by Crippen LogP contribution is -2.42. The zero-order valence-electron chi connectivity index (χ0n) is 17.4. The summed E-state index contributed by atoms with van der Waals surface area (Å²) in [4.78, 5) is 12.7. The molecule has 0 radical (unpaired) electrons. The van der Waals surface area contributed by atoms with Crippen LogP contribution in [0.4, 0.5) is 0 Å². The zero-order chi connectivity index (χ0) is 20.7. The quantitative estimate of drug-likeness (QED) is 0.648. The van der Waals surface area contributed by atoms with Crippen LogP contribution in [0.25, 0.3) is 0 Å². The Bertz CT molecular complexity index is 775. The Morgan fingerprint density at radius 2 is 1.90 bits per heavy atom. The molecule has 2 aliphatic rings. The lowest BCUT2D eigenvalue weighted by atomic mass is 9.98. The molecule has 1 aromatic carbocycles. The molecule has 2 fully saturated rings. The molecule has 1 amide bonds. The van der Waals surface area contributed by atoms with E-state index in [2.05, 4.69) is 5.32 Å². The van der Waals surface area contributed by atoms with E-state index in [1.165, 1.54) is 25.3 Å². The van der Waals surface area contributed by atoms with Gasteiger partial charge in [0, 0.05) is 31.3 Å². The van der Waals surface area contributed by atoms with Crippen LogP contribution in [-0.4, -0.2) is 50.5 Å². The van der Waals surface area contributed by atoms with Gasteiger partial charge in [-0.1, -0.05) is 31.7 Å². The fourth-order valence-corrected chi connectivity index (χ4v) is 5.97. The second-order valence-electron chi connectivity index (χ2n) is 8.23. The van der Waals surface area contributed by atoms with Crippen LogP contribution in [0.5, 0.6) is 0 Å². The standard InChI is InChI=1S/C22H34N2O4S/c1-18-9-5-6-15-24(18)29(26,27)21-13-7-10-19(17-21)22(25)23-14-8-16-28-20-11-3-2-4-12-20/h7,10,13,17-18,20H,2-6,8-9,11-12,14-16H2,1H3,(H,23,25). The van der Waals surface area contributed by atoms with Gasteiger partial charge in [-0.3, -0.25) is 4.79 Å². The number of benzene rings is 1. The van der Waals surface area contributed by atoms with E-state index in [-0.39, 0.29) is 16.8 Å². The highest BCUT2D eigenvalue weighted by atomic mass is 32.2. The fraction of sp³-hybridized carbons (Fsp3) is 0.682. The SMILES string of the molecule is CC1CCCCN1S(=O)(=O)c1cccc(C(=O)NCCCOC2CCCCC2)c1. The molecule has 162 valence electrons. The number of nitrogens with one attached hydrogen (secondary N) is 1. The third kappa shape index (κ3) is 6.03. The van der Waals surface area contributed by atoms with E-state index < -0.39 is 10.0 Å². The maximum Gasteiger partial charge on any atom is 0.251 e. The summed E-state index contributed by atoms with van der Waals surface area (Å²) in [5.41, 5.74) is 0.379. The molecule has 1 unspecified atom stereocenters. The second-order valence-corrected chi connectivity index (χ2v) is 10.1. The van der Waals surface area contributed by atoms with Gasteiger partial charge >= 0.3 is 0 Å². The summed E-state index contributed by atoms with van der Waals surface area (Å²) >= 11 is 0. The van der Waals surface area contributed by atoms with Crippen LogP contribution in [0, 0.1) is 0 Å². The van der Waals surface area contributed by atoms with Gasteiger partial charge in [-0.25, -0.2) is 8.42 Å². The number of piperidine rings is 1. The highest BCUT2D eigenvalue weighted by Crippen LogP contribution is 2.25. The Morgan fingerprint density at radius 3 is 2.66 bits per heavy atom. The smallest absolute Gasteiger partial charge is 0.251 e. The maximum atomic E-state index is 13.0. The van der Waals surface area contributed by atoms with Gasteiger partial charge in [0.05, 0.1) is 11.0 Å². The van der Waals surface area contributed by atoms with Gasteiger partial charge in [0.15, 0.2) is 0 Å². The van der Waals surface area contributed by atoms with E-state index in [1.54, 1.807) is 22.5 Å². The van der Waals surface area contributed by atoms with Crippen LogP contribution < -0.4 is 5.32 Å². The third-order valence-corrected chi connectivity index (χ3v) is 7.97. The van der Waals surface area contributed by atoms with Crippen molar-refractivity contribution < 1.29 is 17.9 Å². The number of ether oxygens (including phenoxy) is 1. The maximum absolute atomic E-state index is 13.0. The Labute approximate surface area is 175 Å². The van der Waals surface area contributed by atoms with Crippen molar-refractivity contribution in [3.05, 3.63) is 29.8 Å². The summed E-state index contributed by atoms with van der Waals surface area (Å²) in [7, 11) is -3.58. The number of carbonyl (C=O) groups is 1. The van der Waals surface area contributed by atoms with Gasteiger partial charge in [-0.05, 0) is 57.2 Å². The highest BCUT2D eigenvalue weighted by molar-refractivity contribution is 7.89. The molecule has 6 nitrogen and oxygen atoms in total. The monoisotopic (exact) mass is 422 g/mol. The Kier molecular flexibility index (Phi) is 8.09. The van der Waals surface area contributed by atoms with E-state index in [0.717, 1.165) is 38.5 Å². The number of rotatable bonds is 8. The van der Waals surface area contributed by atoms with Gasteiger partial charge in [-0.15, -0.1) is 0 Å². The molecule has 1 aromatic rings. The molecule has 7 heteroatoms. The Morgan fingerprint density at radius 1 is 1.14 bits per heavy atom. The van der Waals surface area contributed by atoms with Crippen molar-refractivity contribution in [3.63, 3.8) is 0 Å². The molecule has 0 bridgehead atoms. The minimum atomic E-state index is -3.58. The topological polar surface area (TPSA) is 75.7 Å². The molecule has 1 heterocycles. The van der Waals surface area contributed by atoms with Crippen molar-refractivity contribution in [1.29, 1.82) is 0 Å². The van der Waals surface area contributed by atoms with Crippen molar-refractivity contribution in [1.82, 2.24) is 9.62 Å². The molecular weight excluding hydrogens is 388 g/mol. The Balaban J connectivity index is 1.51. The first-order chi connectivity index (χ1) is 14.0. The van der Waals surface area contributed by atoms with Crippen LogP contribution in [0.15, 0.2) is 29.2 Å². The Hall–Kier alpha value is -1.44. The molecule has 0 spiro atoms. The van der Waals surface area contributed by atoms with Crippen LogP contribution in [-0.2, 0) is 14.8 Å². The normalized spacial score (nSPS) is 21.8. The average molecular weight is 423 g/mol. The van der Waals surface area contributed by atoms with Gasteiger partial charge in [0.2, 0.25) is 10.0 Å². The number of sulfonamides is 1. The number of hydrogen-bond donors (Lipinski definition) is 1. The number of amides is 1. The van der Waals surface area contributed by atoms with Gasteiger partial charge in [0.25, 0.3) is 5.91 Å². The predicted octanol–water partition coefficient (Wildman–Crippen LogP) is 3.72. The summed E-state index contributed by atoms with van der Waals surface area (Å²) in [5, 5.41) is 2.88. The van der Waals surface area contributed by atoms with E-state index in [4.69, 9.17) is 4.74 Å². The van der Waals surface area contributed by atoms with Crippen LogP contribution in [0.3, 0.4) is 0 Å². The molecule has 29 heavy (non-hydrogen) atoms. The molecule has 1 N–H and O–H groups in total. The molecule has 1 aliphatic heterocycles. The van der Waals surface area contributed by atoms with Crippen molar-refractivity contribution in [3.8, 4) is 0 Å². The number of hydrogen-bond acceptors (Lipinski definition) is 4. The van der Waals surface area contributed by atoms with Crippen molar-refractivity contribution >= 4 is 15.9 Å². The minimum Gasteiger partial charge on any atom is -0.378 e. The third-order valence-electron chi connectivity index (χ3n) is 5.96. The van der Waals surface area contributed by atoms with E-state index in [0.29, 0.717) is 31.4 Å². The van der Waals surface area contributed by atoms with Crippen LogP contribution in [0.2, 0.25) is 0 Å². The fourth-order valence-electron chi connectivity index (χ4n) is 4.22. The number of nitrogens with zero attached hydrogens (tertiary/aromatic N) is 1. The predicted molar refractivity (Wildman–Crippen MR) is 113 cm³/mol. The molecular formula is C22H34N2O4S. The van der Waals surface area contributed by atoms with Gasteiger partial charge < -0.3 is 10.1 Å². The molecule has 1 aliphatic carbocycles. The summed E-state index contributed by atoms with van der Waals surface area (Å²) in [5.74, 6) is -0.244. The molecule has 3 rings (SSSR count). The molecule has 1 saturated heterocycles. The molecule has 1 atom stereocenters. The first-order valence-corrected chi connectivity index (χ1v) is 12.4.